The molecule has 4 heteroatoms. The minimum absolute atomic E-state index is 0.0524. The van der Waals surface area contributed by atoms with Crippen LogP contribution in [0.3, 0.4) is 0 Å². The quantitative estimate of drug-likeness (QED) is 0.613. The van der Waals surface area contributed by atoms with Crippen molar-refractivity contribution >= 4 is 11.9 Å². The van der Waals surface area contributed by atoms with E-state index in [-0.39, 0.29) is 6.42 Å². The zero-order valence-electron chi connectivity index (χ0n) is 6.66. The Morgan fingerprint density at radius 3 is 2.45 bits per heavy atom. The summed E-state index contributed by atoms with van der Waals surface area (Å²) in [6.45, 7) is 3.45. The Balaban J connectivity index is 3.66. The molecule has 0 aliphatic carbocycles. The van der Waals surface area contributed by atoms with E-state index in [4.69, 9.17) is 5.11 Å². The molecule has 0 spiro atoms. The highest BCUT2D eigenvalue weighted by Gasteiger charge is 2.15. The number of esters is 1. The van der Waals surface area contributed by atoms with E-state index in [1.165, 1.54) is 6.92 Å². The molecular weight excluding hydrogens is 148 g/mol. The number of hydrogen-bond acceptors (Lipinski definition) is 3. The van der Waals surface area contributed by atoms with Gasteiger partial charge in [0.15, 0.2) is 0 Å². The average molecular weight is 160 g/mol. The van der Waals surface area contributed by atoms with Gasteiger partial charge in [-0.2, -0.15) is 0 Å². The summed E-state index contributed by atoms with van der Waals surface area (Å²) >= 11 is 0. The number of ether oxygens (including phenoxy) is 1. The lowest BCUT2D eigenvalue weighted by Crippen LogP contribution is -2.16. The minimum atomic E-state index is -0.974. The minimum Gasteiger partial charge on any atom is -0.481 e. The standard InChI is InChI=1S/C7H12O4/c1-3-11-6(8)4-5(2)7(9)10/h5H,3-4H2,1-2H3,(H,9,10). The smallest absolute Gasteiger partial charge is 0.306 e. The Kier molecular flexibility index (Phi) is 4.26. The number of carboxylic acids is 1. The first kappa shape index (κ1) is 9.94. The summed E-state index contributed by atoms with van der Waals surface area (Å²) in [4.78, 5) is 20.9. The monoisotopic (exact) mass is 160 g/mol. The molecule has 0 aliphatic rings. The van der Waals surface area contributed by atoms with Crippen LogP contribution in [0.4, 0.5) is 0 Å². The van der Waals surface area contributed by atoms with Gasteiger partial charge in [-0.1, -0.05) is 6.92 Å². The van der Waals surface area contributed by atoms with Crippen molar-refractivity contribution in [1.82, 2.24) is 0 Å². The maximum atomic E-state index is 10.7. The van der Waals surface area contributed by atoms with Crippen LogP contribution in [0.2, 0.25) is 0 Å². The fourth-order valence-corrected chi connectivity index (χ4v) is 0.557. The molecule has 11 heavy (non-hydrogen) atoms. The normalized spacial score (nSPS) is 12.2. The molecule has 0 saturated heterocycles. The average Bonchev–Trinajstić information content (AvgIpc) is 1.87. The van der Waals surface area contributed by atoms with Crippen molar-refractivity contribution in [2.24, 2.45) is 5.92 Å². The van der Waals surface area contributed by atoms with Crippen molar-refractivity contribution < 1.29 is 19.4 Å². The van der Waals surface area contributed by atoms with Crippen LogP contribution in [0, 0.1) is 5.92 Å². The first-order valence-corrected chi connectivity index (χ1v) is 3.46. The summed E-state index contributed by atoms with van der Waals surface area (Å²) in [5.74, 6) is -2.09. The van der Waals surface area contributed by atoms with Gasteiger partial charge in [-0.25, -0.2) is 0 Å². The van der Waals surface area contributed by atoms with Crippen molar-refractivity contribution in [1.29, 1.82) is 0 Å². The number of carbonyl (C=O) groups is 2. The molecule has 0 rings (SSSR count). The molecule has 0 aromatic rings. The molecule has 4 nitrogen and oxygen atoms in total. The van der Waals surface area contributed by atoms with Crippen LogP contribution in [-0.4, -0.2) is 23.7 Å². The van der Waals surface area contributed by atoms with Gasteiger partial charge in [0.1, 0.15) is 0 Å². The predicted octanol–water partition coefficient (Wildman–Crippen LogP) is 0.660. The van der Waals surface area contributed by atoms with Crippen molar-refractivity contribution in [2.45, 2.75) is 20.3 Å². The van der Waals surface area contributed by atoms with Crippen molar-refractivity contribution in [3.63, 3.8) is 0 Å². The van der Waals surface area contributed by atoms with Crippen LogP contribution in [0.15, 0.2) is 0 Å². The van der Waals surface area contributed by atoms with Gasteiger partial charge < -0.3 is 9.84 Å². The molecule has 0 aromatic carbocycles. The van der Waals surface area contributed by atoms with E-state index in [0.29, 0.717) is 6.61 Å². The van der Waals surface area contributed by atoms with E-state index < -0.39 is 17.9 Å². The van der Waals surface area contributed by atoms with Crippen molar-refractivity contribution in [2.75, 3.05) is 6.61 Å². The van der Waals surface area contributed by atoms with Gasteiger partial charge in [0.05, 0.1) is 18.9 Å². The van der Waals surface area contributed by atoms with Gasteiger partial charge in [0.2, 0.25) is 0 Å². The molecule has 1 atom stereocenters. The lowest BCUT2D eigenvalue weighted by atomic mass is 10.1. The highest BCUT2D eigenvalue weighted by atomic mass is 16.5. The van der Waals surface area contributed by atoms with E-state index in [2.05, 4.69) is 4.74 Å². The van der Waals surface area contributed by atoms with Gasteiger partial charge in [-0.3, -0.25) is 9.59 Å². The predicted molar refractivity (Wildman–Crippen MR) is 38.0 cm³/mol. The summed E-state index contributed by atoms with van der Waals surface area (Å²) in [7, 11) is 0. The Labute approximate surface area is 65.2 Å². The van der Waals surface area contributed by atoms with Crippen LogP contribution < -0.4 is 0 Å². The summed E-state index contributed by atoms with van der Waals surface area (Å²) in [5, 5.41) is 8.39. The maximum Gasteiger partial charge on any atom is 0.306 e. The molecule has 0 aromatic heterocycles. The second-order valence-electron chi connectivity index (χ2n) is 2.25. The Morgan fingerprint density at radius 2 is 2.09 bits per heavy atom. The number of aliphatic carboxylic acids is 1. The van der Waals surface area contributed by atoms with Gasteiger partial charge in [0, 0.05) is 0 Å². The molecule has 0 bridgehead atoms. The Morgan fingerprint density at radius 1 is 1.55 bits per heavy atom. The third-order valence-corrected chi connectivity index (χ3v) is 1.20. The van der Waals surface area contributed by atoms with E-state index in [1.807, 2.05) is 0 Å². The molecule has 64 valence electrons. The van der Waals surface area contributed by atoms with E-state index >= 15 is 0 Å². The van der Waals surface area contributed by atoms with Crippen LogP contribution in [-0.2, 0) is 14.3 Å². The maximum absolute atomic E-state index is 10.7. The van der Waals surface area contributed by atoms with Crippen LogP contribution in [0.25, 0.3) is 0 Å². The molecule has 0 heterocycles. The van der Waals surface area contributed by atoms with Crippen LogP contribution >= 0.6 is 0 Å². The third-order valence-electron chi connectivity index (χ3n) is 1.20. The highest BCUT2D eigenvalue weighted by Crippen LogP contribution is 2.02. The Hall–Kier alpha value is -1.06. The second-order valence-corrected chi connectivity index (χ2v) is 2.25. The van der Waals surface area contributed by atoms with Crippen LogP contribution in [0.1, 0.15) is 20.3 Å². The topological polar surface area (TPSA) is 63.6 Å². The van der Waals surface area contributed by atoms with Gasteiger partial charge in [-0.05, 0) is 6.92 Å². The van der Waals surface area contributed by atoms with E-state index in [1.54, 1.807) is 6.92 Å². The molecule has 0 saturated carbocycles. The number of carboxylic acid groups (broad SMARTS) is 1. The SMILES string of the molecule is CCOC(=O)CC(C)C(=O)O. The first-order chi connectivity index (χ1) is 5.07. The number of carbonyl (C=O) groups excluding carboxylic acids is 1. The van der Waals surface area contributed by atoms with Gasteiger partial charge in [0.25, 0.3) is 0 Å². The summed E-state index contributed by atoms with van der Waals surface area (Å²) < 4.78 is 4.56. The molecule has 0 fully saturated rings. The van der Waals surface area contributed by atoms with Crippen molar-refractivity contribution in [3.05, 3.63) is 0 Å². The zero-order valence-corrected chi connectivity index (χ0v) is 6.66. The zero-order chi connectivity index (χ0) is 8.85. The highest BCUT2D eigenvalue weighted by molar-refractivity contribution is 5.78. The van der Waals surface area contributed by atoms with Gasteiger partial charge in [-0.15, -0.1) is 0 Å². The van der Waals surface area contributed by atoms with E-state index in [9.17, 15) is 9.59 Å². The lowest BCUT2D eigenvalue weighted by molar-refractivity contribution is -0.150. The molecule has 0 aliphatic heterocycles. The molecule has 0 radical (unpaired) electrons. The molecule has 0 amide bonds. The third kappa shape index (κ3) is 4.36. The van der Waals surface area contributed by atoms with Crippen LogP contribution in [0.5, 0.6) is 0 Å². The first-order valence-electron chi connectivity index (χ1n) is 3.46. The molecule has 1 unspecified atom stereocenters. The number of rotatable bonds is 4. The Bertz CT molecular complexity index is 153. The molecule has 1 N–H and O–H groups in total. The largest absolute Gasteiger partial charge is 0.481 e. The van der Waals surface area contributed by atoms with E-state index in [0.717, 1.165) is 0 Å². The fraction of sp³-hybridized carbons (Fsp3) is 0.714. The van der Waals surface area contributed by atoms with Gasteiger partial charge >= 0.3 is 11.9 Å². The summed E-state index contributed by atoms with van der Waals surface area (Å²) in [6, 6.07) is 0. The second kappa shape index (κ2) is 4.71. The number of hydrogen-bond donors (Lipinski definition) is 1. The molecular formula is C7H12O4. The summed E-state index contributed by atoms with van der Waals surface area (Å²) in [5.41, 5.74) is 0. The van der Waals surface area contributed by atoms with Crippen molar-refractivity contribution in [3.8, 4) is 0 Å². The lowest BCUT2D eigenvalue weighted by Gasteiger charge is -2.04. The fourth-order valence-electron chi connectivity index (χ4n) is 0.557. The summed E-state index contributed by atoms with van der Waals surface area (Å²) in [6.07, 6.45) is -0.0524.